The van der Waals surface area contributed by atoms with Crippen LogP contribution in [0.15, 0.2) is 18.2 Å². The van der Waals surface area contributed by atoms with Crippen molar-refractivity contribution in [3.63, 3.8) is 0 Å². The highest BCUT2D eigenvalue weighted by molar-refractivity contribution is 5.92. The molecule has 0 saturated heterocycles. The van der Waals surface area contributed by atoms with Crippen LogP contribution in [0.4, 0.5) is 4.79 Å². The number of benzene rings is 1. The molecule has 0 spiro atoms. The van der Waals surface area contributed by atoms with Gasteiger partial charge in [-0.05, 0) is 71.1 Å². The lowest BCUT2D eigenvalue weighted by Crippen LogP contribution is -2.52. The molecular formula is C28H47N3O4. The van der Waals surface area contributed by atoms with Crippen molar-refractivity contribution in [1.29, 1.82) is 0 Å². The van der Waals surface area contributed by atoms with E-state index < -0.39 is 23.8 Å². The molecule has 2 unspecified atom stereocenters. The van der Waals surface area contributed by atoms with Gasteiger partial charge < -0.3 is 20.3 Å². The number of alkyl carbamates (subject to hydrolysis) is 1. The van der Waals surface area contributed by atoms with Crippen molar-refractivity contribution in [2.45, 2.75) is 112 Å². The molecule has 0 aliphatic rings. The Morgan fingerprint density at radius 1 is 1.00 bits per heavy atom. The maximum Gasteiger partial charge on any atom is 0.408 e. The highest BCUT2D eigenvalue weighted by Crippen LogP contribution is 2.28. The zero-order chi connectivity index (χ0) is 26.6. The van der Waals surface area contributed by atoms with Crippen molar-refractivity contribution >= 4 is 17.9 Å². The molecular weight excluding hydrogens is 442 g/mol. The predicted molar refractivity (Wildman–Crippen MR) is 141 cm³/mol. The normalized spacial score (nSPS) is 13.0. The summed E-state index contributed by atoms with van der Waals surface area (Å²) in [7, 11) is 0. The lowest BCUT2D eigenvalue weighted by atomic mass is 9.94. The number of hydrogen-bond donors (Lipinski definition) is 2. The molecule has 1 aromatic carbocycles. The summed E-state index contributed by atoms with van der Waals surface area (Å²) in [4.78, 5) is 41.3. The van der Waals surface area contributed by atoms with E-state index >= 15 is 0 Å². The molecule has 0 fully saturated rings. The van der Waals surface area contributed by atoms with E-state index in [0.717, 1.165) is 55.2 Å². The molecule has 0 radical (unpaired) electrons. The monoisotopic (exact) mass is 489 g/mol. The summed E-state index contributed by atoms with van der Waals surface area (Å²) in [5.41, 5.74) is 2.19. The minimum Gasteiger partial charge on any atom is -0.444 e. The summed E-state index contributed by atoms with van der Waals surface area (Å²) in [5, 5.41) is 5.69. The third-order valence-electron chi connectivity index (χ3n) is 5.97. The summed E-state index contributed by atoms with van der Waals surface area (Å²) in [5.74, 6) is -0.496. The SMILES string of the molecule is CCCCCCN(C(=O)C(C)NC(=O)OC(C)(C)C)C(C(=O)NCCCC)c1cccc(C)c1C. The van der Waals surface area contributed by atoms with Gasteiger partial charge in [-0.2, -0.15) is 0 Å². The molecule has 1 rings (SSSR count). The van der Waals surface area contributed by atoms with Crippen molar-refractivity contribution in [3.05, 3.63) is 34.9 Å². The van der Waals surface area contributed by atoms with Gasteiger partial charge in [0.15, 0.2) is 0 Å². The summed E-state index contributed by atoms with van der Waals surface area (Å²) < 4.78 is 5.34. The summed E-state index contributed by atoms with van der Waals surface area (Å²) in [6.07, 6.45) is 5.05. The number of carbonyl (C=O) groups is 3. The van der Waals surface area contributed by atoms with E-state index in [-0.39, 0.29) is 11.8 Å². The smallest absolute Gasteiger partial charge is 0.408 e. The molecule has 1 aromatic rings. The number of rotatable bonds is 13. The van der Waals surface area contributed by atoms with Gasteiger partial charge in [-0.3, -0.25) is 9.59 Å². The van der Waals surface area contributed by atoms with E-state index in [2.05, 4.69) is 24.5 Å². The maximum atomic E-state index is 13.7. The molecule has 35 heavy (non-hydrogen) atoms. The first-order valence-electron chi connectivity index (χ1n) is 13.1. The van der Waals surface area contributed by atoms with Gasteiger partial charge in [0.05, 0.1) is 0 Å². The quantitative estimate of drug-likeness (QED) is 0.354. The maximum absolute atomic E-state index is 13.7. The Bertz CT molecular complexity index is 832. The van der Waals surface area contributed by atoms with Gasteiger partial charge in [-0.25, -0.2) is 4.79 Å². The van der Waals surface area contributed by atoms with Crippen molar-refractivity contribution < 1.29 is 19.1 Å². The van der Waals surface area contributed by atoms with Gasteiger partial charge in [0.25, 0.3) is 0 Å². The minimum atomic E-state index is -0.841. The Labute approximate surface area is 212 Å². The predicted octanol–water partition coefficient (Wildman–Crippen LogP) is 5.58. The van der Waals surface area contributed by atoms with Gasteiger partial charge in [0.1, 0.15) is 17.7 Å². The van der Waals surface area contributed by atoms with Crippen LogP contribution in [0.5, 0.6) is 0 Å². The second-order valence-corrected chi connectivity index (χ2v) is 10.3. The molecule has 2 atom stereocenters. The van der Waals surface area contributed by atoms with Crippen molar-refractivity contribution in [2.24, 2.45) is 0 Å². The zero-order valence-corrected chi connectivity index (χ0v) is 23.1. The summed E-state index contributed by atoms with van der Waals surface area (Å²) >= 11 is 0. The van der Waals surface area contributed by atoms with Crippen LogP contribution in [0, 0.1) is 13.8 Å². The van der Waals surface area contributed by atoms with E-state index in [0.29, 0.717) is 13.1 Å². The molecule has 0 saturated carbocycles. The van der Waals surface area contributed by atoms with Crippen LogP contribution in [0.25, 0.3) is 0 Å². The van der Waals surface area contributed by atoms with Crippen LogP contribution in [-0.4, -0.2) is 47.5 Å². The topological polar surface area (TPSA) is 87.7 Å². The number of carbonyl (C=O) groups excluding carboxylic acids is 3. The number of hydrogen-bond acceptors (Lipinski definition) is 4. The van der Waals surface area contributed by atoms with E-state index in [1.54, 1.807) is 32.6 Å². The second-order valence-electron chi connectivity index (χ2n) is 10.3. The first kappa shape index (κ1) is 30.5. The Balaban J connectivity index is 3.34. The Morgan fingerprint density at radius 2 is 1.66 bits per heavy atom. The van der Waals surface area contributed by atoms with Crippen LogP contribution in [0.1, 0.15) is 103 Å². The molecule has 0 aromatic heterocycles. The first-order valence-corrected chi connectivity index (χ1v) is 13.1. The lowest BCUT2D eigenvalue weighted by Gasteiger charge is -2.34. The van der Waals surface area contributed by atoms with E-state index in [4.69, 9.17) is 4.74 Å². The molecule has 0 aliphatic carbocycles. The number of aryl methyl sites for hydroxylation is 1. The molecule has 0 aliphatic heterocycles. The highest BCUT2D eigenvalue weighted by Gasteiger charge is 2.35. The van der Waals surface area contributed by atoms with Crippen LogP contribution in [0.3, 0.4) is 0 Å². The van der Waals surface area contributed by atoms with Crippen LogP contribution < -0.4 is 10.6 Å². The molecule has 7 nitrogen and oxygen atoms in total. The van der Waals surface area contributed by atoms with Crippen molar-refractivity contribution in [2.75, 3.05) is 13.1 Å². The largest absolute Gasteiger partial charge is 0.444 e. The minimum absolute atomic E-state index is 0.194. The van der Waals surface area contributed by atoms with Crippen molar-refractivity contribution in [1.82, 2.24) is 15.5 Å². The molecule has 3 amide bonds. The Hall–Kier alpha value is -2.57. The third kappa shape index (κ3) is 10.3. The summed E-state index contributed by atoms with van der Waals surface area (Å²) in [6.45, 7) is 16.1. The van der Waals surface area contributed by atoms with Crippen LogP contribution in [0.2, 0.25) is 0 Å². The van der Waals surface area contributed by atoms with Crippen LogP contribution in [-0.2, 0) is 14.3 Å². The number of unbranched alkanes of at least 4 members (excludes halogenated alkanes) is 4. The average Bonchev–Trinajstić information content (AvgIpc) is 2.76. The van der Waals surface area contributed by atoms with Crippen molar-refractivity contribution in [3.8, 4) is 0 Å². The highest BCUT2D eigenvalue weighted by atomic mass is 16.6. The Morgan fingerprint density at radius 3 is 2.26 bits per heavy atom. The average molecular weight is 490 g/mol. The fraction of sp³-hybridized carbons (Fsp3) is 0.679. The van der Waals surface area contributed by atoms with Gasteiger partial charge in [-0.15, -0.1) is 0 Å². The third-order valence-corrected chi connectivity index (χ3v) is 5.97. The molecule has 7 heteroatoms. The Kier molecular flexibility index (Phi) is 12.8. The standard InChI is InChI=1S/C28H47N3O4/c1-9-11-13-14-19-31(26(33)22(5)30-27(34)35-28(6,7)8)24(25(32)29-18-12-10-2)23-17-15-16-20(3)21(23)4/h15-17,22,24H,9-14,18-19H2,1-8H3,(H,29,32)(H,30,34). The van der Waals surface area contributed by atoms with Gasteiger partial charge in [0.2, 0.25) is 11.8 Å². The lowest BCUT2D eigenvalue weighted by molar-refractivity contribution is -0.142. The second kappa shape index (κ2) is 14.7. The van der Waals surface area contributed by atoms with Gasteiger partial charge >= 0.3 is 6.09 Å². The fourth-order valence-electron chi connectivity index (χ4n) is 3.88. The van der Waals surface area contributed by atoms with E-state index in [1.807, 2.05) is 32.0 Å². The number of nitrogens with zero attached hydrogens (tertiary/aromatic N) is 1. The van der Waals surface area contributed by atoms with Gasteiger partial charge in [-0.1, -0.05) is 57.7 Å². The molecule has 0 heterocycles. The van der Waals surface area contributed by atoms with E-state index in [1.165, 1.54) is 0 Å². The summed E-state index contributed by atoms with van der Waals surface area (Å²) in [6, 6.07) is 4.23. The van der Waals surface area contributed by atoms with E-state index in [9.17, 15) is 14.4 Å². The molecule has 198 valence electrons. The van der Waals surface area contributed by atoms with Crippen LogP contribution >= 0.6 is 0 Å². The fourth-order valence-corrected chi connectivity index (χ4v) is 3.88. The zero-order valence-electron chi connectivity index (χ0n) is 23.1. The molecule has 0 bridgehead atoms. The van der Waals surface area contributed by atoms with Gasteiger partial charge in [0, 0.05) is 13.1 Å². The first-order chi connectivity index (χ1) is 16.4. The number of nitrogens with one attached hydrogen (secondary N) is 2. The molecule has 2 N–H and O–H groups in total. The number of amides is 3. The number of ether oxygens (including phenoxy) is 1.